The molecule has 3 aromatic heterocycles. The van der Waals surface area contributed by atoms with Gasteiger partial charge in [0.1, 0.15) is 0 Å². The molecule has 0 unspecified atom stereocenters. The van der Waals surface area contributed by atoms with E-state index in [1.165, 1.54) is 218 Å². The van der Waals surface area contributed by atoms with E-state index in [0.29, 0.717) is 0 Å². The van der Waals surface area contributed by atoms with Crippen LogP contribution in [0.2, 0.25) is 0 Å². The van der Waals surface area contributed by atoms with Gasteiger partial charge in [-0.25, -0.2) is 0 Å². The maximum Gasteiger partial charge on any atom is 0.0614 e. The Morgan fingerprint density at radius 2 is 0.355 bits per heavy atom. The molecule has 0 saturated heterocycles. The summed E-state index contributed by atoms with van der Waals surface area (Å²) in [6.07, 6.45) is 13.5. The maximum atomic E-state index is 2.89. The molecule has 6 heteroatoms. The van der Waals surface area contributed by atoms with Crippen molar-refractivity contribution in [1.29, 1.82) is 0 Å². The van der Waals surface area contributed by atoms with Crippen molar-refractivity contribution in [3.8, 4) is 66.8 Å². The number of anilines is 9. The van der Waals surface area contributed by atoms with Gasteiger partial charge in [0.05, 0.1) is 33.1 Å². The Bertz CT molecular complexity index is 7200. The van der Waals surface area contributed by atoms with Crippen LogP contribution in [-0.4, -0.2) is 13.7 Å². The van der Waals surface area contributed by atoms with Gasteiger partial charge in [-0.3, -0.25) is 0 Å². The number of rotatable bonds is 24. The molecule has 0 saturated carbocycles. The number of aryl methyl sites for hydroxylation is 3. The average Bonchev–Trinajstić information content (AvgIpc) is 1.50. The number of fused-ring (bicyclic) bond motifs is 30. The molecule has 0 radical (unpaired) electrons. The van der Waals surface area contributed by atoms with Gasteiger partial charge >= 0.3 is 0 Å². The molecule has 0 amide bonds. The Morgan fingerprint density at radius 3 is 0.551 bits per heavy atom. The van der Waals surface area contributed by atoms with Crippen LogP contribution in [-0.2, 0) is 52.1 Å². The Balaban J connectivity index is 0.796. The van der Waals surface area contributed by atoms with Crippen molar-refractivity contribution < 1.29 is 0 Å². The Kier molecular flexibility index (Phi) is 19.7. The molecule has 6 aliphatic rings. The fourth-order valence-electron chi connectivity index (χ4n) is 27.0. The summed E-state index contributed by atoms with van der Waals surface area (Å²) in [4.78, 5) is 7.91. The largest absolute Gasteiger partial charge is 0.340 e. The van der Waals surface area contributed by atoms with Gasteiger partial charge < -0.3 is 28.4 Å². The van der Waals surface area contributed by atoms with E-state index in [4.69, 9.17) is 0 Å². The minimum absolute atomic E-state index is 0.223. The number of aromatic nitrogens is 3. The number of nitrogens with zero attached hydrogens (tertiary/aromatic N) is 6. The summed E-state index contributed by atoms with van der Waals surface area (Å²) in [5.41, 5.74) is 49.3. The van der Waals surface area contributed by atoms with E-state index in [1.807, 2.05) is 0 Å². The summed E-state index contributed by atoms with van der Waals surface area (Å²) in [5, 5.41) is 7.93. The summed E-state index contributed by atoms with van der Waals surface area (Å²) in [6, 6.07) is 123. The highest BCUT2D eigenvalue weighted by atomic mass is 15.2. The third-order valence-corrected chi connectivity index (χ3v) is 34.3. The van der Waals surface area contributed by atoms with Gasteiger partial charge in [-0.1, -0.05) is 362 Å². The second-order valence-electron chi connectivity index (χ2n) is 44.3. The molecule has 6 nitrogen and oxygen atoms in total. The Morgan fingerprint density at radius 1 is 0.181 bits per heavy atom. The molecule has 0 atom stereocenters. The van der Waals surface area contributed by atoms with E-state index in [9.17, 15) is 0 Å². The lowest BCUT2D eigenvalue weighted by Crippen LogP contribution is -2.18. The molecule has 138 heavy (non-hydrogen) atoms. The van der Waals surface area contributed by atoms with Crippen molar-refractivity contribution >= 4 is 117 Å². The van der Waals surface area contributed by atoms with Crippen LogP contribution in [0.15, 0.2) is 309 Å². The summed E-state index contributed by atoms with van der Waals surface area (Å²) < 4.78 is 8.66. The number of unbranched alkanes of at least 4 members (excludes halogenated alkanes) is 9. The molecular formula is C132H126N6. The summed E-state index contributed by atoms with van der Waals surface area (Å²) in [6.45, 7) is 39.0. The van der Waals surface area contributed by atoms with Crippen LogP contribution in [0.4, 0.5) is 51.2 Å². The fraction of sp³-hybridized carbons (Fsp3) is 0.273. The van der Waals surface area contributed by atoms with E-state index < -0.39 is 0 Å². The SMILES string of the molecule is CCCCCCn1c2cc(N(c3ccc4c(c3)C(C)(C)c3ccccc3-4)c3ccc4c(c3)C(C)(C)c3ccccc3-4)ccc2c2c1c1c3ccc(N(c4ccc5c(c4)C(C)(C)c4ccccc4-5)c4ccc5c(c4)C(C)(C)c4ccccc4-5)cc3n(CCCCCC)c1c1c3ccc(N(c4ccc5c(c4)C(C)(C)c4ccccc4-5)c4ccc5c(c4)C(C)(C)c4ccccc4-5)cc3n(CCCCCC)c21. The number of benzene rings is 16. The number of hydrogen-bond donors (Lipinski definition) is 0. The second kappa shape index (κ2) is 31.7. The van der Waals surface area contributed by atoms with E-state index >= 15 is 0 Å². The molecular weight excluding hydrogens is 1670 g/mol. The lowest BCUT2D eigenvalue weighted by atomic mass is 9.82. The molecule has 0 spiro atoms. The van der Waals surface area contributed by atoms with Crippen molar-refractivity contribution in [3.05, 3.63) is 376 Å². The summed E-state index contributed by atoms with van der Waals surface area (Å²) in [7, 11) is 0. The second-order valence-corrected chi connectivity index (χ2v) is 44.3. The molecule has 6 aliphatic carbocycles. The first kappa shape index (κ1) is 85.9. The van der Waals surface area contributed by atoms with Crippen molar-refractivity contribution in [2.75, 3.05) is 14.7 Å². The molecule has 3 heterocycles. The summed E-state index contributed by atoms with van der Waals surface area (Å²) in [5.74, 6) is 0. The zero-order valence-corrected chi connectivity index (χ0v) is 83.2. The van der Waals surface area contributed by atoms with Crippen molar-refractivity contribution in [1.82, 2.24) is 13.7 Å². The molecule has 25 rings (SSSR count). The first-order chi connectivity index (χ1) is 66.9. The van der Waals surface area contributed by atoms with Gasteiger partial charge in [0, 0.05) is 136 Å². The smallest absolute Gasteiger partial charge is 0.0614 e. The third-order valence-electron chi connectivity index (χ3n) is 34.3. The van der Waals surface area contributed by atoms with Gasteiger partial charge in [0.2, 0.25) is 0 Å². The summed E-state index contributed by atoms with van der Waals surface area (Å²) >= 11 is 0. The first-order valence-corrected chi connectivity index (χ1v) is 51.8. The van der Waals surface area contributed by atoms with Crippen LogP contribution in [0.25, 0.3) is 132 Å². The fourth-order valence-corrected chi connectivity index (χ4v) is 27.0. The van der Waals surface area contributed by atoms with E-state index in [-0.39, 0.29) is 32.5 Å². The van der Waals surface area contributed by atoms with Crippen LogP contribution in [0.1, 0.15) is 248 Å². The van der Waals surface area contributed by atoms with Crippen LogP contribution >= 0.6 is 0 Å². The van der Waals surface area contributed by atoms with Crippen molar-refractivity contribution in [2.45, 2.75) is 233 Å². The molecule has 0 fully saturated rings. The topological polar surface area (TPSA) is 24.5 Å². The van der Waals surface area contributed by atoms with E-state index in [0.717, 1.165) is 129 Å². The van der Waals surface area contributed by atoms with Crippen molar-refractivity contribution in [3.63, 3.8) is 0 Å². The molecule has 19 aromatic rings. The molecule has 0 N–H and O–H groups in total. The van der Waals surface area contributed by atoms with Gasteiger partial charge in [-0.05, 0) is 262 Å². The van der Waals surface area contributed by atoms with Crippen LogP contribution in [0.5, 0.6) is 0 Å². The molecule has 0 bridgehead atoms. The minimum Gasteiger partial charge on any atom is -0.340 e. The van der Waals surface area contributed by atoms with E-state index in [1.54, 1.807) is 0 Å². The number of hydrogen-bond acceptors (Lipinski definition) is 3. The van der Waals surface area contributed by atoms with Crippen molar-refractivity contribution in [2.24, 2.45) is 0 Å². The normalized spacial score (nSPS) is 15.4. The highest BCUT2D eigenvalue weighted by Crippen LogP contribution is 2.61. The quantitative estimate of drug-likeness (QED) is 0.0564. The van der Waals surface area contributed by atoms with Gasteiger partial charge in [0.15, 0.2) is 0 Å². The first-order valence-electron chi connectivity index (χ1n) is 51.8. The highest BCUT2D eigenvalue weighted by Gasteiger charge is 2.44. The Hall–Kier alpha value is -13.7. The monoisotopic (exact) mass is 1800 g/mol. The lowest BCUT2D eigenvalue weighted by Gasteiger charge is -2.30. The highest BCUT2D eigenvalue weighted by molar-refractivity contribution is 6.40. The zero-order chi connectivity index (χ0) is 94.1. The standard InChI is InChI=1S/C132H126N6/c1-16-19-22-37-70-133-118-79-88(136(82-52-61-97-91-40-25-31-46-106(91)127(4,5)112(97)73-82)83-53-62-98-92-41-26-32-47-107(92)128(6,7)113(98)74-83)58-67-103(118)121-124(133)122-104-68-59-89(137(84-54-63-99-93-42-27-33-48-108(93)129(8,9)114(99)75-84)85-55-64-100-94-43-28-34-49-109(94)130(10,11)115(100)76-85)80-119(104)134(71-38-23-20-17-2)126(122)123-105-69-60-90(81-120(105)135(125(121)123)72-39-24-21-18-3)138(86-56-65-101-95-44-29-35-50-110(95)131(12,13)116(101)77-86)87-57-66-102-96-45-30-36-51-111(96)132(14,15)117(102)78-87/h25-36,40-69,73-81H,16-24,37-39,70-72H2,1-15H3. The zero-order valence-electron chi connectivity index (χ0n) is 83.2. The average molecular weight is 1800 g/mol. The molecule has 0 aliphatic heterocycles. The van der Waals surface area contributed by atoms with Crippen LogP contribution in [0.3, 0.4) is 0 Å². The predicted molar refractivity (Wildman–Crippen MR) is 587 cm³/mol. The van der Waals surface area contributed by atoms with E-state index in [2.05, 4.69) is 442 Å². The van der Waals surface area contributed by atoms with Gasteiger partial charge in [-0.2, -0.15) is 0 Å². The lowest BCUT2D eigenvalue weighted by molar-refractivity contribution is 0.600. The third kappa shape index (κ3) is 12.5. The van der Waals surface area contributed by atoms with Gasteiger partial charge in [-0.15, -0.1) is 0 Å². The maximum absolute atomic E-state index is 2.89. The minimum atomic E-state index is -0.223. The van der Waals surface area contributed by atoms with Crippen LogP contribution in [0, 0.1) is 0 Å². The molecule has 16 aromatic carbocycles. The van der Waals surface area contributed by atoms with Crippen LogP contribution < -0.4 is 14.7 Å². The Labute approximate surface area is 815 Å². The molecule has 684 valence electrons. The predicted octanol–water partition coefficient (Wildman–Crippen LogP) is 37.0. The van der Waals surface area contributed by atoms with Gasteiger partial charge in [0.25, 0.3) is 0 Å².